The van der Waals surface area contributed by atoms with Gasteiger partial charge in [0.15, 0.2) is 5.16 Å². The van der Waals surface area contributed by atoms with Crippen molar-refractivity contribution in [2.45, 2.75) is 24.9 Å². The minimum absolute atomic E-state index is 0.305. The molecular formula is C10H13ClN2O2S. The number of esters is 1. The number of halogens is 1. The summed E-state index contributed by atoms with van der Waals surface area (Å²) in [6, 6.07) is 0. The van der Waals surface area contributed by atoms with Crippen LogP contribution in [0.5, 0.6) is 0 Å². The van der Waals surface area contributed by atoms with Crippen molar-refractivity contribution in [3.05, 3.63) is 16.9 Å². The Bertz CT molecular complexity index is 387. The maximum absolute atomic E-state index is 11.5. The molecule has 0 radical (unpaired) electrons. The molecule has 0 N–H and O–H groups in total. The smallest absolute Gasteiger partial charge is 0.313 e. The van der Waals surface area contributed by atoms with E-state index in [1.807, 2.05) is 6.26 Å². The third-order valence-electron chi connectivity index (χ3n) is 2.04. The van der Waals surface area contributed by atoms with Crippen molar-refractivity contribution in [3.63, 3.8) is 0 Å². The van der Waals surface area contributed by atoms with Crippen LogP contribution in [0.15, 0.2) is 11.4 Å². The fraction of sp³-hybridized carbons (Fsp3) is 0.500. The van der Waals surface area contributed by atoms with Crippen LogP contribution in [-0.4, -0.2) is 28.8 Å². The Morgan fingerprint density at radius 3 is 2.88 bits per heavy atom. The standard InChI is InChI=1S/C10H13ClN2O2S/c1-4-15-9(14)6(2)7-5-12-10(16-3)13-8(7)11/h5-6H,4H2,1-3H3. The van der Waals surface area contributed by atoms with E-state index in [1.165, 1.54) is 11.8 Å². The molecule has 0 fully saturated rings. The number of thioether (sulfide) groups is 1. The van der Waals surface area contributed by atoms with Gasteiger partial charge >= 0.3 is 5.97 Å². The van der Waals surface area contributed by atoms with E-state index in [2.05, 4.69) is 9.97 Å². The minimum atomic E-state index is -0.441. The number of carbonyl (C=O) groups is 1. The van der Waals surface area contributed by atoms with Crippen molar-refractivity contribution in [1.29, 1.82) is 0 Å². The highest BCUT2D eigenvalue weighted by atomic mass is 35.5. The molecule has 16 heavy (non-hydrogen) atoms. The van der Waals surface area contributed by atoms with Gasteiger partial charge in [-0.3, -0.25) is 4.79 Å². The first-order valence-electron chi connectivity index (χ1n) is 4.83. The lowest BCUT2D eigenvalue weighted by Gasteiger charge is -2.11. The maximum Gasteiger partial charge on any atom is 0.313 e. The van der Waals surface area contributed by atoms with Gasteiger partial charge in [0.2, 0.25) is 0 Å². The fourth-order valence-corrected chi connectivity index (χ4v) is 1.82. The summed E-state index contributed by atoms with van der Waals surface area (Å²) in [5.41, 5.74) is 0.595. The number of hydrogen-bond acceptors (Lipinski definition) is 5. The monoisotopic (exact) mass is 260 g/mol. The summed E-state index contributed by atoms with van der Waals surface area (Å²) < 4.78 is 4.91. The fourth-order valence-electron chi connectivity index (χ4n) is 1.14. The molecule has 0 aliphatic rings. The van der Waals surface area contributed by atoms with Crippen LogP contribution in [0.25, 0.3) is 0 Å². The Kier molecular flexibility index (Phi) is 5.02. The molecule has 0 aromatic carbocycles. The summed E-state index contributed by atoms with van der Waals surface area (Å²) in [5, 5.41) is 0.893. The first-order chi connectivity index (χ1) is 7.60. The van der Waals surface area contributed by atoms with Crippen molar-refractivity contribution >= 4 is 29.3 Å². The van der Waals surface area contributed by atoms with E-state index in [1.54, 1.807) is 20.0 Å². The molecule has 1 unspecified atom stereocenters. The van der Waals surface area contributed by atoms with Gasteiger partial charge in [-0.15, -0.1) is 0 Å². The van der Waals surface area contributed by atoms with Crippen molar-refractivity contribution in [3.8, 4) is 0 Å². The van der Waals surface area contributed by atoms with Crippen molar-refractivity contribution in [2.24, 2.45) is 0 Å². The minimum Gasteiger partial charge on any atom is -0.466 e. The zero-order valence-electron chi connectivity index (χ0n) is 9.36. The molecular weight excluding hydrogens is 248 g/mol. The average Bonchev–Trinajstić information content (AvgIpc) is 2.28. The van der Waals surface area contributed by atoms with Crippen LogP contribution in [0, 0.1) is 0 Å². The number of rotatable bonds is 4. The van der Waals surface area contributed by atoms with Gasteiger partial charge in [-0.1, -0.05) is 23.4 Å². The highest BCUT2D eigenvalue weighted by molar-refractivity contribution is 7.98. The maximum atomic E-state index is 11.5. The molecule has 0 saturated heterocycles. The molecule has 1 aromatic heterocycles. The Morgan fingerprint density at radius 2 is 2.38 bits per heavy atom. The van der Waals surface area contributed by atoms with Gasteiger partial charge in [-0.05, 0) is 20.1 Å². The van der Waals surface area contributed by atoms with E-state index >= 15 is 0 Å². The predicted molar refractivity (Wildman–Crippen MR) is 63.9 cm³/mol. The zero-order valence-corrected chi connectivity index (χ0v) is 10.9. The summed E-state index contributed by atoms with van der Waals surface area (Å²) in [7, 11) is 0. The van der Waals surface area contributed by atoms with E-state index in [4.69, 9.17) is 16.3 Å². The largest absolute Gasteiger partial charge is 0.466 e. The third-order valence-corrected chi connectivity index (χ3v) is 2.90. The third kappa shape index (κ3) is 3.09. The molecule has 1 atom stereocenters. The van der Waals surface area contributed by atoms with Gasteiger partial charge in [0.05, 0.1) is 12.5 Å². The molecule has 88 valence electrons. The van der Waals surface area contributed by atoms with Gasteiger partial charge in [0, 0.05) is 11.8 Å². The number of aromatic nitrogens is 2. The quantitative estimate of drug-likeness (QED) is 0.360. The van der Waals surface area contributed by atoms with E-state index < -0.39 is 5.92 Å². The van der Waals surface area contributed by atoms with Crippen molar-refractivity contribution < 1.29 is 9.53 Å². The molecule has 0 aliphatic heterocycles. The van der Waals surface area contributed by atoms with Gasteiger partial charge in [0.1, 0.15) is 5.15 Å². The second-order valence-corrected chi connectivity index (χ2v) is 4.21. The van der Waals surface area contributed by atoms with E-state index in [0.29, 0.717) is 22.5 Å². The average molecular weight is 261 g/mol. The summed E-state index contributed by atoms with van der Waals surface area (Å²) >= 11 is 7.37. The second kappa shape index (κ2) is 6.06. The number of carbonyl (C=O) groups excluding carboxylic acids is 1. The van der Waals surface area contributed by atoms with Crippen LogP contribution in [0.2, 0.25) is 5.15 Å². The molecule has 1 rings (SSSR count). The molecule has 0 saturated carbocycles. The Hall–Kier alpha value is -0.810. The topological polar surface area (TPSA) is 52.1 Å². The Labute approximate surface area is 104 Å². The highest BCUT2D eigenvalue weighted by Gasteiger charge is 2.20. The number of nitrogens with zero attached hydrogens (tertiary/aromatic N) is 2. The van der Waals surface area contributed by atoms with Crippen LogP contribution in [0.3, 0.4) is 0 Å². The number of hydrogen-bond donors (Lipinski definition) is 0. The molecule has 0 amide bonds. The van der Waals surface area contributed by atoms with Gasteiger partial charge in [-0.2, -0.15) is 0 Å². The van der Waals surface area contributed by atoms with Gasteiger partial charge < -0.3 is 4.74 Å². The van der Waals surface area contributed by atoms with Crippen LogP contribution in [0.4, 0.5) is 0 Å². The van der Waals surface area contributed by atoms with E-state index in [9.17, 15) is 4.79 Å². The highest BCUT2D eigenvalue weighted by Crippen LogP contribution is 2.24. The van der Waals surface area contributed by atoms with E-state index in [0.717, 1.165) is 0 Å². The molecule has 1 heterocycles. The summed E-state index contributed by atoms with van der Waals surface area (Å²) in [5.74, 6) is -0.756. The van der Waals surface area contributed by atoms with Gasteiger partial charge in [-0.25, -0.2) is 9.97 Å². The van der Waals surface area contributed by atoms with Crippen molar-refractivity contribution in [2.75, 3.05) is 12.9 Å². The lowest BCUT2D eigenvalue weighted by atomic mass is 10.1. The summed E-state index contributed by atoms with van der Waals surface area (Å²) in [4.78, 5) is 19.7. The summed E-state index contributed by atoms with van der Waals surface area (Å²) in [6.45, 7) is 3.84. The van der Waals surface area contributed by atoms with Crippen LogP contribution < -0.4 is 0 Å². The van der Waals surface area contributed by atoms with Crippen molar-refractivity contribution in [1.82, 2.24) is 9.97 Å². The SMILES string of the molecule is CCOC(=O)C(C)c1cnc(SC)nc1Cl. The lowest BCUT2D eigenvalue weighted by Crippen LogP contribution is -2.14. The van der Waals surface area contributed by atoms with E-state index in [-0.39, 0.29) is 5.97 Å². The molecule has 1 aromatic rings. The van der Waals surface area contributed by atoms with Crippen LogP contribution in [0.1, 0.15) is 25.3 Å². The number of ether oxygens (including phenoxy) is 1. The first kappa shape index (κ1) is 13.3. The molecule has 0 bridgehead atoms. The first-order valence-corrected chi connectivity index (χ1v) is 6.43. The van der Waals surface area contributed by atoms with Gasteiger partial charge in [0.25, 0.3) is 0 Å². The normalized spacial score (nSPS) is 12.2. The zero-order chi connectivity index (χ0) is 12.1. The Balaban J connectivity index is 2.91. The lowest BCUT2D eigenvalue weighted by molar-refractivity contribution is -0.144. The Morgan fingerprint density at radius 1 is 1.69 bits per heavy atom. The van der Waals surface area contributed by atoms with Crippen LogP contribution in [-0.2, 0) is 9.53 Å². The van der Waals surface area contributed by atoms with Crippen LogP contribution >= 0.6 is 23.4 Å². The second-order valence-electron chi connectivity index (χ2n) is 3.08. The molecule has 6 heteroatoms. The predicted octanol–water partition coefficient (Wildman–Crippen LogP) is 2.52. The molecule has 0 aliphatic carbocycles. The molecule has 0 spiro atoms. The summed E-state index contributed by atoms with van der Waals surface area (Å²) in [6.07, 6.45) is 3.43. The molecule has 4 nitrogen and oxygen atoms in total.